The van der Waals surface area contributed by atoms with Crippen LogP contribution in [-0.2, 0) is 23.1 Å². The Morgan fingerprint density at radius 1 is 1.07 bits per heavy atom. The van der Waals surface area contributed by atoms with Crippen LogP contribution in [-0.4, -0.2) is 42.0 Å². The molecule has 0 spiro atoms. The number of likely N-dealkylation sites (tertiary alicyclic amines) is 1. The zero-order valence-electron chi connectivity index (χ0n) is 15.6. The molecule has 0 atom stereocenters. The maximum absolute atomic E-state index is 12.4. The molecule has 3 aromatic rings. The zero-order chi connectivity index (χ0) is 19.4. The van der Waals surface area contributed by atoms with E-state index in [4.69, 9.17) is 0 Å². The summed E-state index contributed by atoms with van der Waals surface area (Å²) in [4.78, 5) is 6.88. The molecule has 1 aliphatic rings. The van der Waals surface area contributed by atoms with Crippen LogP contribution in [0.1, 0.15) is 24.2 Å². The van der Waals surface area contributed by atoms with E-state index in [1.807, 2.05) is 30.6 Å². The Balaban J connectivity index is 1.31. The Labute approximate surface area is 169 Å². The first-order valence-electron chi connectivity index (χ1n) is 9.42. The van der Waals surface area contributed by atoms with Crippen molar-refractivity contribution >= 4 is 21.4 Å². The molecule has 0 radical (unpaired) electrons. The summed E-state index contributed by atoms with van der Waals surface area (Å²) in [7, 11) is -3.39. The number of aromatic nitrogens is 2. The Hall–Kier alpha value is -2.00. The fraction of sp³-hybridized carbons (Fsp3) is 0.350. The number of benzene rings is 1. The number of hydrogen-bond acceptors (Lipinski definition) is 5. The van der Waals surface area contributed by atoms with Crippen molar-refractivity contribution in [1.29, 1.82) is 0 Å². The SMILES string of the molecule is O=S(=O)(NC1CCN(Cc2nccn2Cc2ccccc2)CC1)c1cccs1. The van der Waals surface area contributed by atoms with Gasteiger partial charge >= 0.3 is 0 Å². The van der Waals surface area contributed by atoms with E-state index in [-0.39, 0.29) is 6.04 Å². The molecule has 1 fully saturated rings. The van der Waals surface area contributed by atoms with Gasteiger partial charge < -0.3 is 4.57 Å². The summed E-state index contributed by atoms with van der Waals surface area (Å²) in [6.07, 6.45) is 5.48. The lowest BCUT2D eigenvalue weighted by Gasteiger charge is -2.31. The summed E-state index contributed by atoms with van der Waals surface area (Å²) >= 11 is 1.25. The zero-order valence-corrected chi connectivity index (χ0v) is 17.2. The molecular formula is C20H24N4O2S2. The second kappa shape index (κ2) is 8.57. The highest BCUT2D eigenvalue weighted by Gasteiger charge is 2.25. The molecule has 1 saturated heterocycles. The predicted octanol–water partition coefficient (Wildman–Crippen LogP) is 2.94. The van der Waals surface area contributed by atoms with Crippen LogP contribution in [0.4, 0.5) is 0 Å². The molecule has 3 heterocycles. The summed E-state index contributed by atoms with van der Waals surface area (Å²) in [6, 6.07) is 13.8. The molecule has 0 amide bonds. The molecule has 0 unspecified atom stereocenters. The fourth-order valence-corrected chi connectivity index (χ4v) is 5.83. The average Bonchev–Trinajstić information content (AvgIpc) is 3.37. The Bertz CT molecular complexity index is 976. The van der Waals surface area contributed by atoms with E-state index < -0.39 is 10.0 Å². The Kier molecular flexibility index (Phi) is 5.91. The third-order valence-corrected chi connectivity index (χ3v) is 7.95. The highest BCUT2D eigenvalue weighted by Crippen LogP contribution is 2.19. The first-order valence-corrected chi connectivity index (χ1v) is 11.8. The molecule has 28 heavy (non-hydrogen) atoms. The molecule has 0 aliphatic carbocycles. The third-order valence-electron chi connectivity index (χ3n) is 5.03. The second-order valence-corrected chi connectivity index (χ2v) is 9.95. The lowest BCUT2D eigenvalue weighted by molar-refractivity contribution is 0.194. The van der Waals surface area contributed by atoms with Gasteiger partial charge in [-0.25, -0.2) is 18.1 Å². The molecular weight excluding hydrogens is 392 g/mol. The van der Waals surface area contributed by atoms with Crippen LogP contribution in [0.25, 0.3) is 0 Å². The molecule has 1 aromatic carbocycles. The highest BCUT2D eigenvalue weighted by atomic mass is 32.2. The van der Waals surface area contributed by atoms with Gasteiger partial charge in [0.05, 0.1) is 6.54 Å². The minimum absolute atomic E-state index is 0.00702. The van der Waals surface area contributed by atoms with Crippen molar-refractivity contribution in [2.45, 2.75) is 36.2 Å². The minimum atomic E-state index is -3.39. The van der Waals surface area contributed by atoms with Gasteiger partial charge in [0.15, 0.2) is 0 Å². The van der Waals surface area contributed by atoms with Crippen molar-refractivity contribution in [3.63, 3.8) is 0 Å². The maximum atomic E-state index is 12.4. The largest absolute Gasteiger partial charge is 0.329 e. The standard InChI is InChI=1S/C20H24N4O2S2/c25-28(26,20-7-4-14-27-20)22-18-8-11-23(12-9-18)16-19-21-10-13-24(19)15-17-5-2-1-3-6-17/h1-7,10,13-14,18,22H,8-9,11-12,15-16H2. The van der Waals surface area contributed by atoms with Gasteiger partial charge in [0, 0.05) is 38.1 Å². The minimum Gasteiger partial charge on any atom is -0.329 e. The molecule has 0 bridgehead atoms. The van der Waals surface area contributed by atoms with Gasteiger partial charge in [0.1, 0.15) is 10.0 Å². The molecule has 1 aliphatic heterocycles. The maximum Gasteiger partial charge on any atom is 0.250 e. The van der Waals surface area contributed by atoms with Gasteiger partial charge in [-0.1, -0.05) is 36.4 Å². The van der Waals surface area contributed by atoms with Gasteiger partial charge in [-0.3, -0.25) is 4.90 Å². The third kappa shape index (κ3) is 4.70. The summed E-state index contributed by atoms with van der Waals surface area (Å²) in [5, 5.41) is 1.79. The molecule has 2 aromatic heterocycles. The van der Waals surface area contributed by atoms with E-state index >= 15 is 0 Å². The van der Waals surface area contributed by atoms with Crippen molar-refractivity contribution < 1.29 is 8.42 Å². The summed E-state index contributed by atoms with van der Waals surface area (Å²) < 4.78 is 30.2. The predicted molar refractivity (Wildman–Crippen MR) is 111 cm³/mol. The van der Waals surface area contributed by atoms with Crippen molar-refractivity contribution in [3.8, 4) is 0 Å². The van der Waals surface area contributed by atoms with E-state index in [1.54, 1.807) is 17.5 Å². The number of thiophene rings is 1. The number of hydrogen-bond donors (Lipinski definition) is 1. The van der Waals surface area contributed by atoms with Crippen LogP contribution in [0.5, 0.6) is 0 Å². The van der Waals surface area contributed by atoms with Gasteiger partial charge in [0.25, 0.3) is 0 Å². The molecule has 6 nitrogen and oxygen atoms in total. The Morgan fingerprint density at radius 2 is 1.86 bits per heavy atom. The van der Waals surface area contributed by atoms with E-state index in [1.165, 1.54) is 16.9 Å². The molecule has 1 N–H and O–H groups in total. The number of rotatable bonds is 7. The number of imidazole rings is 1. The van der Waals surface area contributed by atoms with E-state index in [0.717, 1.165) is 44.8 Å². The molecule has 4 rings (SSSR count). The lowest BCUT2D eigenvalue weighted by atomic mass is 10.1. The number of nitrogens with one attached hydrogen (secondary N) is 1. The molecule has 0 saturated carbocycles. The highest BCUT2D eigenvalue weighted by molar-refractivity contribution is 7.91. The van der Waals surface area contributed by atoms with Crippen LogP contribution >= 0.6 is 11.3 Å². The normalized spacial score (nSPS) is 16.4. The van der Waals surface area contributed by atoms with Gasteiger partial charge in [-0.15, -0.1) is 11.3 Å². The number of piperidine rings is 1. The molecule has 8 heteroatoms. The lowest BCUT2D eigenvalue weighted by Crippen LogP contribution is -2.44. The Morgan fingerprint density at radius 3 is 2.57 bits per heavy atom. The van der Waals surface area contributed by atoms with Crippen LogP contribution in [0.3, 0.4) is 0 Å². The van der Waals surface area contributed by atoms with Crippen LogP contribution in [0, 0.1) is 0 Å². The summed E-state index contributed by atoms with van der Waals surface area (Å²) in [5.74, 6) is 1.04. The van der Waals surface area contributed by atoms with Gasteiger partial charge in [0.2, 0.25) is 10.0 Å². The smallest absolute Gasteiger partial charge is 0.250 e. The van der Waals surface area contributed by atoms with Crippen molar-refractivity contribution in [1.82, 2.24) is 19.2 Å². The van der Waals surface area contributed by atoms with Crippen LogP contribution in [0.15, 0.2) is 64.4 Å². The van der Waals surface area contributed by atoms with E-state index in [2.05, 4.69) is 31.3 Å². The topological polar surface area (TPSA) is 67.2 Å². The van der Waals surface area contributed by atoms with E-state index in [9.17, 15) is 8.42 Å². The fourth-order valence-electron chi connectivity index (χ4n) is 3.52. The van der Waals surface area contributed by atoms with Crippen LogP contribution < -0.4 is 4.72 Å². The summed E-state index contributed by atoms with van der Waals surface area (Å²) in [5.41, 5.74) is 1.25. The van der Waals surface area contributed by atoms with Crippen molar-refractivity contribution in [2.24, 2.45) is 0 Å². The second-order valence-electron chi connectivity index (χ2n) is 7.06. The van der Waals surface area contributed by atoms with Gasteiger partial charge in [-0.05, 0) is 29.9 Å². The van der Waals surface area contributed by atoms with E-state index in [0.29, 0.717) is 4.21 Å². The van der Waals surface area contributed by atoms with Gasteiger partial charge in [-0.2, -0.15) is 0 Å². The number of nitrogens with zero attached hydrogens (tertiary/aromatic N) is 3. The molecule has 148 valence electrons. The quantitative estimate of drug-likeness (QED) is 0.643. The average molecular weight is 417 g/mol. The van der Waals surface area contributed by atoms with Crippen molar-refractivity contribution in [3.05, 3.63) is 71.6 Å². The first kappa shape index (κ1) is 19.3. The number of sulfonamides is 1. The summed E-state index contributed by atoms with van der Waals surface area (Å²) in [6.45, 7) is 3.31. The van der Waals surface area contributed by atoms with Crippen LogP contribution in [0.2, 0.25) is 0 Å². The first-order chi connectivity index (χ1) is 13.6. The van der Waals surface area contributed by atoms with Crippen molar-refractivity contribution in [2.75, 3.05) is 13.1 Å². The monoisotopic (exact) mass is 416 g/mol.